The minimum absolute atomic E-state index is 0.0511. The van der Waals surface area contributed by atoms with E-state index in [2.05, 4.69) is 24.1 Å². The monoisotopic (exact) mass is 299 g/mol. The quantitative estimate of drug-likeness (QED) is 0.802. The third-order valence-corrected chi connectivity index (χ3v) is 4.39. The van der Waals surface area contributed by atoms with E-state index in [0.717, 1.165) is 10.7 Å². The van der Waals surface area contributed by atoms with Gasteiger partial charge in [0.05, 0.1) is 12.2 Å². The first-order valence-corrected chi connectivity index (χ1v) is 7.80. The Morgan fingerprint density at radius 1 is 1.33 bits per heavy atom. The Bertz CT molecular complexity index is 755. The first kappa shape index (κ1) is 13.8. The minimum Gasteiger partial charge on any atom is -0.346 e. The number of hydrogen-bond donors (Lipinski definition) is 1. The van der Waals surface area contributed by atoms with Gasteiger partial charge in [0.1, 0.15) is 0 Å². The standard InChI is InChI=1S/C16H17N3OS/c1-11(2)12-3-5-13(6-4-12)15(20)18-9-14-10-21-16-17-7-8-19(14)16/h3-8,10-11H,9H2,1-2H3,(H,18,20). The third kappa shape index (κ3) is 2.83. The first-order valence-electron chi connectivity index (χ1n) is 6.93. The fourth-order valence-electron chi connectivity index (χ4n) is 2.19. The van der Waals surface area contributed by atoms with Gasteiger partial charge < -0.3 is 5.32 Å². The maximum Gasteiger partial charge on any atom is 0.251 e. The molecule has 3 aromatic rings. The number of carbonyl (C=O) groups excluding carboxylic acids is 1. The molecule has 4 nitrogen and oxygen atoms in total. The molecule has 0 aliphatic carbocycles. The van der Waals surface area contributed by atoms with Gasteiger partial charge in [0.15, 0.2) is 4.96 Å². The second-order valence-electron chi connectivity index (χ2n) is 5.27. The SMILES string of the molecule is CC(C)c1ccc(C(=O)NCc2csc3nccn23)cc1. The van der Waals surface area contributed by atoms with E-state index in [1.54, 1.807) is 17.5 Å². The van der Waals surface area contributed by atoms with Crippen molar-refractivity contribution in [3.8, 4) is 0 Å². The summed E-state index contributed by atoms with van der Waals surface area (Å²) in [7, 11) is 0. The smallest absolute Gasteiger partial charge is 0.251 e. The summed E-state index contributed by atoms with van der Waals surface area (Å²) in [5, 5.41) is 4.97. The van der Waals surface area contributed by atoms with Crippen molar-refractivity contribution >= 4 is 22.2 Å². The van der Waals surface area contributed by atoms with Crippen LogP contribution in [0.4, 0.5) is 0 Å². The lowest BCUT2D eigenvalue weighted by atomic mass is 10.0. The number of thiazole rings is 1. The highest BCUT2D eigenvalue weighted by molar-refractivity contribution is 7.15. The van der Waals surface area contributed by atoms with Crippen molar-refractivity contribution in [3.05, 3.63) is 58.9 Å². The van der Waals surface area contributed by atoms with Crippen LogP contribution in [0.5, 0.6) is 0 Å². The van der Waals surface area contributed by atoms with Crippen LogP contribution in [-0.4, -0.2) is 15.3 Å². The first-order chi connectivity index (χ1) is 10.1. The van der Waals surface area contributed by atoms with Gasteiger partial charge >= 0.3 is 0 Å². The number of imidazole rings is 1. The molecule has 3 rings (SSSR count). The summed E-state index contributed by atoms with van der Waals surface area (Å²) in [4.78, 5) is 17.3. The Labute approximate surface area is 127 Å². The zero-order valence-corrected chi connectivity index (χ0v) is 12.9. The lowest BCUT2D eigenvalue weighted by molar-refractivity contribution is 0.0950. The summed E-state index contributed by atoms with van der Waals surface area (Å²) in [6.45, 7) is 4.78. The molecule has 0 aliphatic rings. The van der Waals surface area contributed by atoms with Crippen LogP contribution < -0.4 is 5.32 Å². The highest BCUT2D eigenvalue weighted by Gasteiger charge is 2.08. The van der Waals surface area contributed by atoms with E-state index in [-0.39, 0.29) is 5.91 Å². The molecule has 0 atom stereocenters. The number of nitrogens with one attached hydrogen (secondary N) is 1. The number of amides is 1. The number of carbonyl (C=O) groups is 1. The van der Waals surface area contributed by atoms with Crippen molar-refractivity contribution in [1.82, 2.24) is 14.7 Å². The molecule has 1 amide bonds. The highest BCUT2D eigenvalue weighted by Crippen LogP contribution is 2.16. The lowest BCUT2D eigenvalue weighted by Gasteiger charge is -2.07. The van der Waals surface area contributed by atoms with Crippen LogP contribution in [0.15, 0.2) is 42.0 Å². The topological polar surface area (TPSA) is 46.4 Å². The average Bonchev–Trinajstić information content (AvgIpc) is 3.08. The van der Waals surface area contributed by atoms with Crippen molar-refractivity contribution in [2.24, 2.45) is 0 Å². The Kier molecular flexibility index (Phi) is 3.75. The molecule has 0 saturated carbocycles. The second kappa shape index (κ2) is 5.69. The molecule has 21 heavy (non-hydrogen) atoms. The molecule has 2 heterocycles. The van der Waals surface area contributed by atoms with Gasteiger partial charge in [-0.05, 0) is 23.6 Å². The van der Waals surface area contributed by atoms with Crippen LogP contribution in [-0.2, 0) is 6.54 Å². The molecule has 2 aromatic heterocycles. The number of fused-ring (bicyclic) bond motifs is 1. The zero-order valence-electron chi connectivity index (χ0n) is 12.0. The van der Waals surface area contributed by atoms with Crippen LogP contribution >= 0.6 is 11.3 Å². The van der Waals surface area contributed by atoms with Crippen LogP contribution in [0.3, 0.4) is 0 Å². The van der Waals surface area contributed by atoms with Crippen LogP contribution in [0, 0.1) is 0 Å². The second-order valence-corrected chi connectivity index (χ2v) is 6.10. The van der Waals surface area contributed by atoms with E-state index in [1.165, 1.54) is 5.56 Å². The summed E-state index contributed by atoms with van der Waals surface area (Å²) in [5.74, 6) is 0.423. The number of aromatic nitrogens is 2. The van der Waals surface area contributed by atoms with E-state index in [1.807, 2.05) is 40.2 Å². The van der Waals surface area contributed by atoms with E-state index in [0.29, 0.717) is 18.0 Å². The van der Waals surface area contributed by atoms with Crippen molar-refractivity contribution < 1.29 is 4.79 Å². The lowest BCUT2D eigenvalue weighted by Crippen LogP contribution is -2.23. The van der Waals surface area contributed by atoms with E-state index in [4.69, 9.17) is 0 Å². The average molecular weight is 299 g/mol. The van der Waals surface area contributed by atoms with Crippen molar-refractivity contribution in [3.63, 3.8) is 0 Å². The van der Waals surface area contributed by atoms with E-state index >= 15 is 0 Å². The maximum absolute atomic E-state index is 12.2. The van der Waals surface area contributed by atoms with Gasteiger partial charge in [-0.2, -0.15) is 0 Å². The Hall–Kier alpha value is -2.14. The molecule has 0 aliphatic heterocycles. The number of hydrogen-bond acceptors (Lipinski definition) is 3. The van der Waals surface area contributed by atoms with Crippen LogP contribution in [0.2, 0.25) is 0 Å². The molecule has 1 N–H and O–H groups in total. The summed E-state index contributed by atoms with van der Waals surface area (Å²) < 4.78 is 1.99. The Morgan fingerprint density at radius 3 is 2.81 bits per heavy atom. The van der Waals surface area contributed by atoms with E-state index in [9.17, 15) is 4.79 Å². The largest absolute Gasteiger partial charge is 0.346 e. The van der Waals surface area contributed by atoms with Crippen LogP contribution in [0.1, 0.15) is 41.4 Å². The molecule has 5 heteroatoms. The summed E-state index contributed by atoms with van der Waals surface area (Å²) in [6.07, 6.45) is 3.67. The molecule has 0 fully saturated rings. The van der Waals surface area contributed by atoms with Gasteiger partial charge in [-0.25, -0.2) is 4.98 Å². The predicted octanol–water partition coefficient (Wildman–Crippen LogP) is 3.45. The van der Waals surface area contributed by atoms with Crippen molar-refractivity contribution in [1.29, 1.82) is 0 Å². The summed E-state index contributed by atoms with van der Waals surface area (Å²) in [5.41, 5.74) is 2.97. The molecule has 108 valence electrons. The van der Waals surface area contributed by atoms with Gasteiger partial charge in [0.25, 0.3) is 5.91 Å². The highest BCUT2D eigenvalue weighted by atomic mass is 32.1. The predicted molar refractivity (Wildman–Crippen MR) is 84.8 cm³/mol. The fourth-order valence-corrected chi connectivity index (χ4v) is 3.04. The zero-order chi connectivity index (χ0) is 14.8. The minimum atomic E-state index is -0.0511. The molecule has 0 spiro atoms. The van der Waals surface area contributed by atoms with Gasteiger partial charge in [-0.1, -0.05) is 26.0 Å². The van der Waals surface area contributed by atoms with Gasteiger partial charge in [0.2, 0.25) is 0 Å². The molecule has 0 radical (unpaired) electrons. The number of rotatable bonds is 4. The molecule has 0 bridgehead atoms. The van der Waals surface area contributed by atoms with Crippen molar-refractivity contribution in [2.75, 3.05) is 0 Å². The summed E-state index contributed by atoms with van der Waals surface area (Å²) in [6, 6.07) is 7.78. The fraction of sp³-hybridized carbons (Fsp3) is 0.250. The van der Waals surface area contributed by atoms with Gasteiger partial charge in [-0.15, -0.1) is 11.3 Å². The molecule has 0 saturated heterocycles. The van der Waals surface area contributed by atoms with Crippen molar-refractivity contribution in [2.45, 2.75) is 26.3 Å². The Morgan fingerprint density at radius 2 is 2.10 bits per heavy atom. The summed E-state index contributed by atoms with van der Waals surface area (Å²) >= 11 is 1.57. The number of nitrogens with zero attached hydrogens (tertiary/aromatic N) is 2. The molecular formula is C16H17N3OS. The van der Waals surface area contributed by atoms with Gasteiger partial charge in [-0.3, -0.25) is 9.20 Å². The molecular weight excluding hydrogens is 282 g/mol. The van der Waals surface area contributed by atoms with Crippen LogP contribution in [0.25, 0.3) is 4.96 Å². The Balaban J connectivity index is 1.67. The van der Waals surface area contributed by atoms with Gasteiger partial charge in [0, 0.05) is 23.3 Å². The maximum atomic E-state index is 12.2. The normalized spacial score (nSPS) is 11.2. The third-order valence-electron chi connectivity index (χ3n) is 3.49. The molecule has 0 unspecified atom stereocenters. The number of benzene rings is 1. The molecule has 1 aromatic carbocycles. The van der Waals surface area contributed by atoms with E-state index < -0.39 is 0 Å².